The number of nitrogens with zero attached hydrogens (tertiary/aromatic N) is 4. The number of aromatic amines is 1. The number of thiophene rings is 1. The van der Waals surface area contributed by atoms with Crippen molar-refractivity contribution in [3.63, 3.8) is 0 Å². The number of hydrogen-bond acceptors (Lipinski definition) is 7. The standard InChI is InChI=1S/C24H27N5O3S/c1-15-20-22(32-4)25-19(14-31-3)26-23(20)33-21(15)24(30)29(2)12-8-11-17-13-18(28-27-17)16-9-6-5-7-10-16/h5-7,9-10,13H,8,11-12,14H2,1-4H3,(H,27,28). The summed E-state index contributed by atoms with van der Waals surface area (Å²) < 4.78 is 10.6. The Labute approximate surface area is 196 Å². The smallest absolute Gasteiger partial charge is 0.264 e. The Hall–Kier alpha value is -3.30. The number of hydrogen-bond donors (Lipinski definition) is 1. The molecule has 0 aliphatic heterocycles. The van der Waals surface area contributed by atoms with Crippen LogP contribution < -0.4 is 4.74 Å². The summed E-state index contributed by atoms with van der Waals surface area (Å²) in [5.74, 6) is 0.973. The second-order valence-corrected chi connectivity index (χ2v) is 8.79. The largest absolute Gasteiger partial charge is 0.480 e. The van der Waals surface area contributed by atoms with Crippen LogP contribution >= 0.6 is 11.3 Å². The summed E-state index contributed by atoms with van der Waals surface area (Å²) in [5.41, 5.74) is 3.91. The number of nitrogens with one attached hydrogen (secondary N) is 1. The third kappa shape index (κ3) is 4.89. The first-order valence-electron chi connectivity index (χ1n) is 10.7. The molecule has 1 amide bonds. The van der Waals surface area contributed by atoms with E-state index in [0.717, 1.165) is 45.6 Å². The number of aromatic nitrogens is 4. The van der Waals surface area contributed by atoms with Crippen LogP contribution in [0.2, 0.25) is 0 Å². The van der Waals surface area contributed by atoms with Crippen molar-refractivity contribution in [3.05, 3.63) is 58.4 Å². The van der Waals surface area contributed by atoms with Crippen LogP contribution in [-0.4, -0.2) is 58.8 Å². The van der Waals surface area contributed by atoms with Gasteiger partial charge in [-0.15, -0.1) is 11.3 Å². The number of benzene rings is 1. The molecule has 33 heavy (non-hydrogen) atoms. The molecule has 0 spiro atoms. The molecule has 0 aliphatic rings. The number of rotatable bonds is 9. The molecule has 1 N–H and O–H groups in total. The number of fused-ring (bicyclic) bond motifs is 1. The lowest BCUT2D eigenvalue weighted by molar-refractivity contribution is 0.0797. The molecule has 0 bridgehead atoms. The van der Waals surface area contributed by atoms with Crippen LogP contribution in [-0.2, 0) is 17.8 Å². The lowest BCUT2D eigenvalue weighted by Crippen LogP contribution is -2.27. The van der Waals surface area contributed by atoms with Gasteiger partial charge < -0.3 is 14.4 Å². The Morgan fingerprint density at radius 1 is 1.18 bits per heavy atom. The van der Waals surface area contributed by atoms with Crippen LogP contribution in [0.4, 0.5) is 0 Å². The minimum atomic E-state index is -0.0274. The molecule has 8 nitrogen and oxygen atoms in total. The predicted octanol–water partition coefficient (Wildman–Crippen LogP) is 4.25. The Balaban J connectivity index is 1.43. The summed E-state index contributed by atoms with van der Waals surface area (Å²) in [4.78, 5) is 25.3. The van der Waals surface area contributed by atoms with Gasteiger partial charge in [-0.2, -0.15) is 10.1 Å². The van der Waals surface area contributed by atoms with Gasteiger partial charge in [-0.05, 0) is 31.4 Å². The Kier molecular flexibility index (Phi) is 7.00. The summed E-state index contributed by atoms with van der Waals surface area (Å²) in [5, 5.41) is 8.29. The first kappa shape index (κ1) is 22.9. The van der Waals surface area contributed by atoms with Gasteiger partial charge in [0.2, 0.25) is 5.88 Å². The molecule has 0 fully saturated rings. The molecule has 0 atom stereocenters. The summed E-state index contributed by atoms with van der Waals surface area (Å²) >= 11 is 1.37. The van der Waals surface area contributed by atoms with Crippen LogP contribution in [0.3, 0.4) is 0 Å². The first-order chi connectivity index (χ1) is 16.0. The van der Waals surface area contributed by atoms with Gasteiger partial charge in [-0.25, -0.2) is 4.98 Å². The van der Waals surface area contributed by atoms with Crippen LogP contribution in [0.25, 0.3) is 21.5 Å². The minimum absolute atomic E-state index is 0.0274. The van der Waals surface area contributed by atoms with Gasteiger partial charge in [0, 0.05) is 32.0 Å². The minimum Gasteiger partial charge on any atom is -0.480 e. The first-order valence-corrected chi connectivity index (χ1v) is 11.5. The van der Waals surface area contributed by atoms with E-state index in [9.17, 15) is 4.79 Å². The fraction of sp³-hybridized carbons (Fsp3) is 0.333. The molecule has 0 radical (unpaired) electrons. The quantitative estimate of drug-likeness (QED) is 0.397. The molecule has 0 saturated heterocycles. The lowest BCUT2D eigenvalue weighted by atomic mass is 10.1. The molecule has 0 aliphatic carbocycles. The third-order valence-corrected chi connectivity index (χ3v) is 6.62. The number of amides is 1. The fourth-order valence-electron chi connectivity index (χ4n) is 3.72. The molecule has 0 saturated carbocycles. The molecule has 1 aromatic carbocycles. The molecular weight excluding hydrogens is 438 g/mol. The topological polar surface area (TPSA) is 93.2 Å². The normalized spacial score (nSPS) is 11.2. The highest BCUT2D eigenvalue weighted by molar-refractivity contribution is 7.20. The Morgan fingerprint density at radius 3 is 2.70 bits per heavy atom. The zero-order valence-electron chi connectivity index (χ0n) is 19.2. The van der Waals surface area contributed by atoms with Gasteiger partial charge in [0.05, 0.1) is 23.1 Å². The monoisotopic (exact) mass is 465 g/mol. The Morgan fingerprint density at radius 2 is 1.97 bits per heavy atom. The maximum absolute atomic E-state index is 13.2. The van der Waals surface area contributed by atoms with E-state index in [0.29, 0.717) is 23.1 Å². The van der Waals surface area contributed by atoms with Crippen molar-refractivity contribution in [1.29, 1.82) is 0 Å². The van der Waals surface area contributed by atoms with Gasteiger partial charge >= 0.3 is 0 Å². The van der Waals surface area contributed by atoms with Crippen molar-refractivity contribution < 1.29 is 14.3 Å². The number of ether oxygens (including phenoxy) is 2. The maximum Gasteiger partial charge on any atom is 0.264 e. The predicted molar refractivity (Wildman–Crippen MR) is 129 cm³/mol. The van der Waals surface area contributed by atoms with Crippen molar-refractivity contribution in [2.45, 2.75) is 26.4 Å². The molecule has 4 aromatic rings. The number of methoxy groups -OCH3 is 2. The van der Waals surface area contributed by atoms with Gasteiger partial charge in [-0.3, -0.25) is 9.89 Å². The SMILES string of the molecule is COCc1nc(OC)c2c(C)c(C(=O)N(C)CCCc3cc(-c4ccccc4)n[nH]3)sc2n1. The third-order valence-electron chi connectivity index (χ3n) is 5.45. The van der Waals surface area contributed by atoms with Crippen molar-refractivity contribution in [2.24, 2.45) is 0 Å². The van der Waals surface area contributed by atoms with Crippen LogP contribution in [0.1, 0.15) is 33.2 Å². The van der Waals surface area contributed by atoms with Crippen molar-refractivity contribution in [3.8, 4) is 17.1 Å². The average molecular weight is 466 g/mol. The zero-order chi connectivity index (χ0) is 23.4. The molecule has 4 rings (SSSR count). The van der Waals surface area contributed by atoms with Crippen LogP contribution in [0.5, 0.6) is 5.88 Å². The summed E-state index contributed by atoms with van der Waals surface area (Å²) in [6.07, 6.45) is 1.63. The molecule has 3 heterocycles. The van der Waals surface area contributed by atoms with E-state index in [1.165, 1.54) is 11.3 Å². The van der Waals surface area contributed by atoms with Gasteiger partial charge in [0.15, 0.2) is 5.82 Å². The highest BCUT2D eigenvalue weighted by atomic mass is 32.1. The van der Waals surface area contributed by atoms with Gasteiger partial charge in [0.25, 0.3) is 5.91 Å². The second kappa shape index (κ2) is 10.1. The summed E-state index contributed by atoms with van der Waals surface area (Å²) in [7, 11) is 4.99. The average Bonchev–Trinajstić information content (AvgIpc) is 3.43. The maximum atomic E-state index is 13.2. The van der Waals surface area contributed by atoms with Crippen LogP contribution in [0.15, 0.2) is 36.4 Å². The molecule has 172 valence electrons. The lowest BCUT2D eigenvalue weighted by Gasteiger charge is -2.16. The Bertz CT molecular complexity index is 1250. The number of carbonyl (C=O) groups excluding carboxylic acids is 1. The molecule has 9 heteroatoms. The number of carbonyl (C=O) groups is 1. The summed E-state index contributed by atoms with van der Waals surface area (Å²) in [6, 6.07) is 12.1. The highest BCUT2D eigenvalue weighted by Crippen LogP contribution is 2.35. The summed E-state index contributed by atoms with van der Waals surface area (Å²) in [6.45, 7) is 2.83. The van der Waals surface area contributed by atoms with E-state index >= 15 is 0 Å². The van der Waals surface area contributed by atoms with E-state index in [2.05, 4.69) is 26.2 Å². The van der Waals surface area contributed by atoms with E-state index in [1.54, 1.807) is 19.1 Å². The van der Waals surface area contributed by atoms with Crippen molar-refractivity contribution in [2.75, 3.05) is 27.8 Å². The number of aryl methyl sites for hydroxylation is 2. The fourth-order valence-corrected chi connectivity index (χ4v) is 4.90. The highest BCUT2D eigenvalue weighted by Gasteiger charge is 2.23. The van der Waals surface area contributed by atoms with Gasteiger partial charge in [-0.1, -0.05) is 30.3 Å². The van der Waals surface area contributed by atoms with Gasteiger partial charge in [0.1, 0.15) is 11.4 Å². The molecule has 0 unspecified atom stereocenters. The van der Waals surface area contributed by atoms with Crippen molar-refractivity contribution >= 4 is 27.5 Å². The molecule has 3 aromatic heterocycles. The zero-order valence-corrected chi connectivity index (χ0v) is 20.0. The van der Waals surface area contributed by atoms with E-state index in [1.807, 2.05) is 44.3 Å². The van der Waals surface area contributed by atoms with Crippen molar-refractivity contribution in [1.82, 2.24) is 25.1 Å². The van der Waals surface area contributed by atoms with Crippen LogP contribution in [0, 0.1) is 6.92 Å². The molecular formula is C24H27N5O3S. The number of H-pyrrole nitrogens is 1. The second-order valence-electron chi connectivity index (χ2n) is 7.79. The van der Waals surface area contributed by atoms with E-state index in [4.69, 9.17) is 9.47 Å². The van der Waals surface area contributed by atoms with E-state index < -0.39 is 0 Å². The van der Waals surface area contributed by atoms with E-state index in [-0.39, 0.29) is 12.5 Å².